The number of nitrogens with zero attached hydrogens (tertiary/aromatic N) is 2. The van der Waals surface area contributed by atoms with Gasteiger partial charge in [0.15, 0.2) is 4.77 Å². The highest BCUT2D eigenvalue weighted by Gasteiger charge is 2.20. The van der Waals surface area contributed by atoms with E-state index in [1.807, 2.05) is 0 Å². The fourth-order valence-corrected chi connectivity index (χ4v) is 3.91. The molecular formula is C18H22N4OS. The molecule has 2 aromatic rings. The lowest BCUT2D eigenvalue weighted by Gasteiger charge is -2.28. The first kappa shape index (κ1) is 15.6. The van der Waals surface area contributed by atoms with Crippen LogP contribution >= 0.6 is 12.2 Å². The Kier molecular flexibility index (Phi) is 4.24. The molecule has 6 heteroatoms. The number of aromatic amines is 2. The quantitative estimate of drug-likeness (QED) is 0.842. The SMILES string of the molecule is O=c1[nH]c(=S)[nH]c2c1CN(Cc1ccc(N3CCCC3)cc1)CC2. The zero-order valence-corrected chi connectivity index (χ0v) is 14.5. The Hall–Kier alpha value is -1.92. The van der Waals surface area contributed by atoms with Crippen LogP contribution in [-0.2, 0) is 19.5 Å². The summed E-state index contributed by atoms with van der Waals surface area (Å²) in [5.74, 6) is 0. The molecule has 0 saturated carbocycles. The molecule has 24 heavy (non-hydrogen) atoms. The van der Waals surface area contributed by atoms with Gasteiger partial charge in [0, 0.05) is 50.5 Å². The molecule has 2 N–H and O–H groups in total. The number of benzene rings is 1. The molecule has 0 radical (unpaired) electrons. The van der Waals surface area contributed by atoms with E-state index in [-0.39, 0.29) is 5.56 Å². The van der Waals surface area contributed by atoms with Gasteiger partial charge in [0.1, 0.15) is 0 Å². The van der Waals surface area contributed by atoms with Crippen LogP contribution in [0, 0.1) is 4.77 Å². The van der Waals surface area contributed by atoms with E-state index >= 15 is 0 Å². The van der Waals surface area contributed by atoms with Crippen molar-refractivity contribution in [3.8, 4) is 0 Å². The molecule has 0 amide bonds. The molecule has 1 fully saturated rings. The highest BCUT2D eigenvalue weighted by atomic mass is 32.1. The number of nitrogens with one attached hydrogen (secondary N) is 2. The van der Waals surface area contributed by atoms with Gasteiger partial charge >= 0.3 is 0 Å². The molecule has 1 saturated heterocycles. The number of anilines is 1. The van der Waals surface area contributed by atoms with E-state index < -0.39 is 0 Å². The predicted octanol–water partition coefficient (Wildman–Crippen LogP) is 2.59. The highest BCUT2D eigenvalue weighted by molar-refractivity contribution is 7.71. The van der Waals surface area contributed by atoms with E-state index in [1.165, 1.54) is 37.2 Å². The molecule has 0 atom stereocenters. The second-order valence-corrected chi connectivity index (χ2v) is 7.09. The van der Waals surface area contributed by atoms with Gasteiger partial charge in [-0.25, -0.2) is 0 Å². The minimum atomic E-state index is -0.0529. The average molecular weight is 342 g/mol. The first-order valence-electron chi connectivity index (χ1n) is 8.60. The van der Waals surface area contributed by atoms with Gasteiger partial charge in [0.2, 0.25) is 0 Å². The molecular weight excluding hydrogens is 320 g/mol. The Balaban J connectivity index is 1.46. The summed E-state index contributed by atoms with van der Waals surface area (Å²) in [7, 11) is 0. The molecule has 126 valence electrons. The number of rotatable bonds is 3. The van der Waals surface area contributed by atoms with Crippen molar-refractivity contribution in [3.05, 3.63) is 56.2 Å². The van der Waals surface area contributed by atoms with Gasteiger partial charge < -0.3 is 9.88 Å². The van der Waals surface area contributed by atoms with Gasteiger partial charge in [-0.2, -0.15) is 0 Å². The topological polar surface area (TPSA) is 55.1 Å². The molecule has 2 aliphatic rings. The fourth-order valence-electron chi connectivity index (χ4n) is 3.69. The molecule has 4 rings (SSSR count). The molecule has 0 unspecified atom stereocenters. The molecule has 0 bridgehead atoms. The average Bonchev–Trinajstić information content (AvgIpc) is 3.11. The second kappa shape index (κ2) is 6.53. The molecule has 2 aliphatic heterocycles. The van der Waals surface area contributed by atoms with Crippen molar-refractivity contribution in [1.29, 1.82) is 0 Å². The van der Waals surface area contributed by atoms with Crippen LogP contribution in [0.15, 0.2) is 29.1 Å². The lowest BCUT2D eigenvalue weighted by molar-refractivity contribution is 0.241. The van der Waals surface area contributed by atoms with Crippen LogP contribution in [0.4, 0.5) is 5.69 Å². The Morgan fingerprint density at radius 2 is 1.79 bits per heavy atom. The van der Waals surface area contributed by atoms with Crippen molar-refractivity contribution >= 4 is 17.9 Å². The minimum absolute atomic E-state index is 0.0529. The van der Waals surface area contributed by atoms with Crippen LogP contribution in [0.2, 0.25) is 0 Å². The van der Waals surface area contributed by atoms with Gasteiger partial charge in [-0.3, -0.25) is 14.7 Å². The summed E-state index contributed by atoms with van der Waals surface area (Å²) < 4.78 is 0.421. The molecule has 1 aromatic carbocycles. The van der Waals surface area contributed by atoms with Gasteiger partial charge in [-0.1, -0.05) is 12.1 Å². The third-order valence-electron chi connectivity index (χ3n) is 5.00. The molecule has 3 heterocycles. The van der Waals surface area contributed by atoms with Gasteiger partial charge in [-0.05, 0) is 42.8 Å². The minimum Gasteiger partial charge on any atom is -0.372 e. The Bertz CT molecular complexity index is 833. The van der Waals surface area contributed by atoms with Crippen LogP contribution in [-0.4, -0.2) is 34.5 Å². The summed E-state index contributed by atoms with van der Waals surface area (Å²) in [6.45, 7) is 4.83. The normalized spacial score (nSPS) is 17.9. The largest absolute Gasteiger partial charge is 0.372 e. The Labute approximate surface area is 146 Å². The number of hydrogen-bond acceptors (Lipinski definition) is 4. The molecule has 5 nitrogen and oxygen atoms in total. The van der Waals surface area contributed by atoms with E-state index in [0.29, 0.717) is 11.3 Å². The summed E-state index contributed by atoms with van der Waals surface area (Å²) in [6.07, 6.45) is 3.44. The van der Waals surface area contributed by atoms with E-state index in [0.717, 1.165) is 30.8 Å². The third kappa shape index (κ3) is 3.16. The molecule has 0 aliphatic carbocycles. The van der Waals surface area contributed by atoms with Crippen molar-refractivity contribution in [1.82, 2.24) is 14.9 Å². The maximum absolute atomic E-state index is 12.1. The first-order chi connectivity index (χ1) is 11.7. The van der Waals surface area contributed by atoms with Crippen molar-refractivity contribution in [3.63, 3.8) is 0 Å². The number of aromatic nitrogens is 2. The van der Waals surface area contributed by atoms with Crippen LogP contribution in [0.25, 0.3) is 0 Å². The first-order valence-corrected chi connectivity index (χ1v) is 9.00. The summed E-state index contributed by atoms with van der Waals surface area (Å²) in [5, 5.41) is 0. The van der Waals surface area contributed by atoms with E-state index in [4.69, 9.17) is 12.2 Å². The number of hydrogen-bond donors (Lipinski definition) is 2. The van der Waals surface area contributed by atoms with Crippen LogP contribution < -0.4 is 10.5 Å². The van der Waals surface area contributed by atoms with Crippen LogP contribution in [0.1, 0.15) is 29.7 Å². The smallest absolute Gasteiger partial charge is 0.256 e. The molecule has 1 aromatic heterocycles. The summed E-state index contributed by atoms with van der Waals surface area (Å²) in [5.41, 5.74) is 4.38. The highest BCUT2D eigenvalue weighted by Crippen LogP contribution is 2.22. The van der Waals surface area contributed by atoms with Crippen LogP contribution in [0.3, 0.4) is 0 Å². The second-order valence-electron chi connectivity index (χ2n) is 6.69. The standard InChI is InChI=1S/C18H22N4OS/c23-17-15-12-21(10-7-16(15)19-18(24)20-17)11-13-3-5-14(6-4-13)22-8-1-2-9-22/h3-6H,1-2,7-12H2,(H2,19,20,23,24). The number of fused-ring (bicyclic) bond motifs is 1. The Morgan fingerprint density at radius 3 is 2.54 bits per heavy atom. The zero-order chi connectivity index (χ0) is 16.5. The third-order valence-corrected chi connectivity index (χ3v) is 5.21. The van der Waals surface area contributed by atoms with Crippen molar-refractivity contribution in [2.75, 3.05) is 24.5 Å². The summed E-state index contributed by atoms with van der Waals surface area (Å²) in [4.78, 5) is 22.7. The maximum Gasteiger partial charge on any atom is 0.256 e. The van der Waals surface area contributed by atoms with Crippen molar-refractivity contribution in [2.24, 2.45) is 0 Å². The van der Waals surface area contributed by atoms with Gasteiger partial charge in [0.05, 0.1) is 5.56 Å². The van der Waals surface area contributed by atoms with Crippen molar-refractivity contribution in [2.45, 2.75) is 32.4 Å². The maximum atomic E-state index is 12.1. The summed E-state index contributed by atoms with van der Waals surface area (Å²) >= 11 is 5.05. The predicted molar refractivity (Wildman–Crippen MR) is 98.0 cm³/mol. The lowest BCUT2D eigenvalue weighted by Crippen LogP contribution is -2.35. The van der Waals surface area contributed by atoms with Gasteiger partial charge in [-0.15, -0.1) is 0 Å². The van der Waals surface area contributed by atoms with Crippen LogP contribution in [0.5, 0.6) is 0 Å². The van der Waals surface area contributed by atoms with E-state index in [2.05, 4.69) is 44.0 Å². The molecule has 0 spiro atoms. The number of H-pyrrole nitrogens is 2. The van der Waals surface area contributed by atoms with Gasteiger partial charge in [0.25, 0.3) is 5.56 Å². The van der Waals surface area contributed by atoms with E-state index in [1.54, 1.807) is 0 Å². The lowest BCUT2D eigenvalue weighted by atomic mass is 10.1. The zero-order valence-electron chi connectivity index (χ0n) is 13.7. The van der Waals surface area contributed by atoms with E-state index in [9.17, 15) is 4.79 Å². The monoisotopic (exact) mass is 342 g/mol. The fraction of sp³-hybridized carbons (Fsp3) is 0.444. The van der Waals surface area contributed by atoms with Crippen molar-refractivity contribution < 1.29 is 0 Å². The summed E-state index contributed by atoms with van der Waals surface area (Å²) in [6, 6.07) is 8.88. The Morgan fingerprint density at radius 1 is 1.04 bits per heavy atom.